The second-order valence-corrected chi connectivity index (χ2v) is 8.00. The molecule has 1 aliphatic heterocycles. The first kappa shape index (κ1) is 17.2. The summed E-state index contributed by atoms with van der Waals surface area (Å²) < 4.78 is 29.9. The zero-order valence-corrected chi connectivity index (χ0v) is 15.8. The lowest BCUT2D eigenvalue weighted by Crippen LogP contribution is -2.21. The molecule has 9 heteroatoms. The molecule has 0 fully saturated rings. The number of benzene rings is 2. The fourth-order valence-corrected chi connectivity index (χ4v) is 4.23. The van der Waals surface area contributed by atoms with Crippen LogP contribution in [0.15, 0.2) is 55.6 Å². The molecule has 0 spiro atoms. The molecule has 138 valence electrons. The van der Waals surface area contributed by atoms with Crippen LogP contribution in [-0.4, -0.2) is 42.1 Å². The van der Waals surface area contributed by atoms with E-state index in [9.17, 15) is 13.2 Å². The van der Waals surface area contributed by atoms with Gasteiger partial charge in [0.25, 0.3) is 10.0 Å². The van der Waals surface area contributed by atoms with E-state index in [-0.39, 0.29) is 16.4 Å². The van der Waals surface area contributed by atoms with Crippen LogP contribution in [0.25, 0.3) is 11.0 Å². The molecule has 1 aromatic heterocycles. The van der Waals surface area contributed by atoms with Crippen molar-refractivity contribution in [2.24, 2.45) is 16.5 Å². The molecule has 8 nitrogen and oxygen atoms in total. The summed E-state index contributed by atoms with van der Waals surface area (Å²) >= 11 is 0. The number of hydrazone groups is 1. The third kappa shape index (κ3) is 2.85. The van der Waals surface area contributed by atoms with Crippen molar-refractivity contribution in [3.05, 3.63) is 63.6 Å². The number of aromatic amines is 1. The monoisotopic (exact) mass is 383 g/mol. The number of hydrogen-bond acceptors (Lipinski definition) is 5. The van der Waals surface area contributed by atoms with Gasteiger partial charge >= 0.3 is 5.69 Å². The highest BCUT2D eigenvalue weighted by Crippen LogP contribution is 2.28. The Morgan fingerprint density at radius 2 is 2.00 bits per heavy atom. The molecule has 0 aliphatic carbocycles. The van der Waals surface area contributed by atoms with Crippen LogP contribution in [0.1, 0.15) is 16.7 Å². The van der Waals surface area contributed by atoms with Gasteiger partial charge in [-0.25, -0.2) is 9.80 Å². The first-order chi connectivity index (χ1) is 12.8. The molecule has 3 aromatic rings. The number of aromatic nitrogens is 2. The molecule has 2 heterocycles. The Bertz CT molecular complexity index is 1300. The average molecular weight is 383 g/mol. The second kappa shape index (κ2) is 5.92. The zero-order chi connectivity index (χ0) is 19.3. The minimum atomic E-state index is -3.70. The van der Waals surface area contributed by atoms with Crippen LogP contribution in [0.4, 0.5) is 0 Å². The number of fused-ring (bicyclic) bond motifs is 2. The minimum Gasteiger partial charge on any atom is -0.306 e. The molecule has 0 saturated heterocycles. The highest BCUT2D eigenvalue weighted by Gasteiger charge is 2.30. The fraction of sp³-hybridized carbons (Fsp3) is 0.167. The maximum atomic E-state index is 12.2. The molecule has 27 heavy (non-hydrogen) atoms. The van der Waals surface area contributed by atoms with Crippen molar-refractivity contribution in [2.45, 2.75) is 11.8 Å². The van der Waals surface area contributed by atoms with Gasteiger partial charge in [0.15, 0.2) is 5.84 Å². The summed E-state index contributed by atoms with van der Waals surface area (Å²) in [6.07, 6.45) is 1.60. The van der Waals surface area contributed by atoms with E-state index in [1.165, 1.54) is 9.58 Å². The van der Waals surface area contributed by atoms with Gasteiger partial charge in [0.2, 0.25) is 0 Å². The van der Waals surface area contributed by atoms with Crippen molar-refractivity contribution < 1.29 is 8.42 Å². The predicted octanol–water partition coefficient (Wildman–Crippen LogP) is 1.59. The van der Waals surface area contributed by atoms with Crippen molar-refractivity contribution in [3.63, 3.8) is 0 Å². The average Bonchev–Trinajstić information content (AvgIpc) is 3.06. The van der Waals surface area contributed by atoms with Gasteiger partial charge in [0.05, 0.1) is 17.2 Å². The molecule has 0 unspecified atom stereocenters. The summed E-state index contributed by atoms with van der Waals surface area (Å²) in [6.45, 7) is 1.89. The molecule has 1 aliphatic rings. The van der Waals surface area contributed by atoms with Gasteiger partial charge in [-0.2, -0.15) is 13.5 Å². The molecule has 0 amide bonds. The smallest absolute Gasteiger partial charge is 0.306 e. The number of imidazole rings is 1. The standard InChI is InChI=1S/C18H17N5O3S/c1-11-4-7-16-13(8-11)17(21-27(16,25)26)23(3)19-10-12-5-6-14-15(9-12)22(2)18(24)20-14/h4-10H,1-3H3,(H,20,24)/b19-10+. The molecule has 0 bridgehead atoms. The number of rotatable bonds is 2. The Hall–Kier alpha value is -3.20. The minimum absolute atomic E-state index is 0.186. The molecular weight excluding hydrogens is 366 g/mol. The van der Waals surface area contributed by atoms with E-state index >= 15 is 0 Å². The van der Waals surface area contributed by atoms with Crippen molar-refractivity contribution >= 4 is 33.1 Å². The van der Waals surface area contributed by atoms with Gasteiger partial charge in [-0.1, -0.05) is 17.7 Å². The van der Waals surface area contributed by atoms with Crippen molar-refractivity contribution in [1.29, 1.82) is 0 Å². The molecule has 0 radical (unpaired) electrons. The van der Waals surface area contributed by atoms with Crippen LogP contribution in [-0.2, 0) is 17.1 Å². The van der Waals surface area contributed by atoms with Gasteiger partial charge < -0.3 is 4.98 Å². The van der Waals surface area contributed by atoms with Crippen LogP contribution in [0.3, 0.4) is 0 Å². The van der Waals surface area contributed by atoms with Crippen LogP contribution in [0.5, 0.6) is 0 Å². The molecule has 4 rings (SSSR count). The first-order valence-corrected chi connectivity index (χ1v) is 9.63. The zero-order valence-electron chi connectivity index (χ0n) is 15.0. The van der Waals surface area contributed by atoms with E-state index in [1.807, 2.05) is 19.1 Å². The summed E-state index contributed by atoms with van der Waals surface area (Å²) in [5, 5.41) is 5.76. The maximum absolute atomic E-state index is 12.2. The van der Waals surface area contributed by atoms with E-state index < -0.39 is 10.0 Å². The molecular formula is C18H17N5O3S. The van der Waals surface area contributed by atoms with Gasteiger partial charge in [-0.15, -0.1) is 4.40 Å². The molecule has 0 saturated carbocycles. The summed E-state index contributed by atoms with van der Waals surface area (Å²) in [7, 11) is -0.369. The lowest BCUT2D eigenvalue weighted by atomic mass is 10.1. The number of hydrogen-bond donors (Lipinski definition) is 1. The third-order valence-corrected chi connectivity index (χ3v) is 5.80. The van der Waals surface area contributed by atoms with Crippen LogP contribution in [0, 0.1) is 6.92 Å². The lowest BCUT2D eigenvalue weighted by molar-refractivity contribution is 0.549. The maximum Gasteiger partial charge on any atom is 0.326 e. The predicted molar refractivity (Wildman–Crippen MR) is 104 cm³/mol. The normalized spacial score (nSPS) is 15.3. The van der Waals surface area contributed by atoms with Crippen molar-refractivity contribution in [3.8, 4) is 0 Å². The summed E-state index contributed by atoms with van der Waals surface area (Å²) in [4.78, 5) is 14.6. The van der Waals surface area contributed by atoms with Gasteiger partial charge in [0, 0.05) is 19.7 Å². The number of sulfonamides is 1. The topological polar surface area (TPSA) is 99.9 Å². The lowest BCUT2D eigenvalue weighted by Gasteiger charge is -2.12. The van der Waals surface area contributed by atoms with Gasteiger partial charge in [0.1, 0.15) is 4.90 Å². The Labute approximate surface area is 155 Å². The highest BCUT2D eigenvalue weighted by molar-refractivity contribution is 7.90. The summed E-state index contributed by atoms with van der Waals surface area (Å²) in [5.41, 5.74) is 3.56. The van der Waals surface area contributed by atoms with Gasteiger partial charge in [-0.05, 0) is 36.8 Å². The molecule has 1 N–H and O–H groups in total. The van der Waals surface area contributed by atoms with E-state index in [0.29, 0.717) is 5.56 Å². The van der Waals surface area contributed by atoms with Crippen LogP contribution >= 0.6 is 0 Å². The number of nitrogens with one attached hydrogen (secondary N) is 1. The number of amidine groups is 1. The molecule has 0 atom stereocenters. The quantitative estimate of drug-likeness (QED) is 0.536. The Kier molecular flexibility index (Phi) is 3.77. The number of nitrogens with zero attached hydrogens (tertiary/aromatic N) is 4. The van der Waals surface area contributed by atoms with Crippen molar-refractivity contribution in [2.75, 3.05) is 7.05 Å². The van der Waals surface area contributed by atoms with Crippen molar-refractivity contribution in [1.82, 2.24) is 14.6 Å². The SMILES string of the molecule is Cc1ccc2c(c1)C(N(C)/N=C/c1ccc3[nH]c(=O)n(C)c3c1)=NS2(=O)=O. The number of H-pyrrole nitrogens is 1. The summed E-state index contributed by atoms with van der Waals surface area (Å²) in [6, 6.07) is 10.5. The summed E-state index contributed by atoms with van der Waals surface area (Å²) in [5.74, 6) is 0.278. The van der Waals surface area contributed by atoms with E-state index in [2.05, 4.69) is 14.5 Å². The largest absolute Gasteiger partial charge is 0.326 e. The first-order valence-electron chi connectivity index (χ1n) is 8.19. The highest BCUT2D eigenvalue weighted by atomic mass is 32.2. The van der Waals surface area contributed by atoms with E-state index in [1.54, 1.807) is 44.6 Å². The van der Waals surface area contributed by atoms with Gasteiger partial charge in [-0.3, -0.25) is 4.57 Å². The van der Waals surface area contributed by atoms with E-state index in [4.69, 9.17) is 0 Å². The third-order valence-electron chi connectivity index (χ3n) is 4.48. The Morgan fingerprint density at radius 1 is 1.22 bits per heavy atom. The second-order valence-electron chi connectivity index (χ2n) is 6.42. The fourth-order valence-electron chi connectivity index (χ4n) is 3.02. The molecule has 2 aromatic carbocycles. The Balaban J connectivity index is 1.69. The van der Waals surface area contributed by atoms with E-state index in [0.717, 1.165) is 22.2 Å². The van der Waals surface area contributed by atoms with Crippen LogP contribution in [0.2, 0.25) is 0 Å². The van der Waals surface area contributed by atoms with Crippen LogP contribution < -0.4 is 5.69 Å². The number of aryl methyl sites for hydroxylation is 2. The Morgan fingerprint density at radius 3 is 2.78 bits per heavy atom.